The highest BCUT2D eigenvalue weighted by Gasteiger charge is 2.09. The van der Waals surface area contributed by atoms with E-state index in [2.05, 4.69) is 10.3 Å². The molecule has 0 saturated heterocycles. The van der Waals surface area contributed by atoms with Gasteiger partial charge in [0.2, 0.25) is 0 Å². The van der Waals surface area contributed by atoms with Crippen LogP contribution in [0.25, 0.3) is 10.9 Å². The van der Waals surface area contributed by atoms with Gasteiger partial charge in [-0.1, -0.05) is 0 Å². The number of methoxy groups -OCH3 is 1. The smallest absolute Gasteiger partial charge is 0.255 e. The first-order valence-corrected chi connectivity index (χ1v) is 6.67. The van der Waals surface area contributed by atoms with E-state index in [1.54, 1.807) is 25.4 Å². The Kier molecular flexibility index (Phi) is 3.70. The molecule has 0 aliphatic carbocycles. The van der Waals surface area contributed by atoms with E-state index in [9.17, 15) is 9.18 Å². The quantitative estimate of drug-likeness (QED) is 0.803. The average molecular weight is 296 g/mol. The van der Waals surface area contributed by atoms with Gasteiger partial charge in [-0.3, -0.25) is 9.78 Å². The van der Waals surface area contributed by atoms with Crippen molar-refractivity contribution in [1.29, 1.82) is 0 Å². The number of amides is 1. The number of ether oxygens (including phenoxy) is 1. The van der Waals surface area contributed by atoms with Gasteiger partial charge in [-0.2, -0.15) is 0 Å². The van der Waals surface area contributed by atoms with Crippen molar-refractivity contribution < 1.29 is 13.9 Å². The highest BCUT2D eigenvalue weighted by Crippen LogP contribution is 2.26. The van der Waals surface area contributed by atoms with Crippen LogP contribution in [0.15, 0.2) is 54.7 Å². The fraction of sp³-hybridized carbons (Fsp3) is 0.0588. The number of hydrogen-bond donors (Lipinski definition) is 1. The van der Waals surface area contributed by atoms with Gasteiger partial charge in [0.05, 0.1) is 18.3 Å². The Morgan fingerprint density at radius 3 is 2.64 bits per heavy atom. The molecular weight excluding hydrogens is 283 g/mol. The first-order chi connectivity index (χ1) is 10.7. The maximum atomic E-state index is 12.9. The van der Waals surface area contributed by atoms with Crippen molar-refractivity contribution in [2.24, 2.45) is 0 Å². The Morgan fingerprint density at radius 1 is 1.14 bits per heavy atom. The molecule has 0 bridgehead atoms. The number of aromatic nitrogens is 1. The zero-order valence-corrected chi connectivity index (χ0v) is 11.8. The number of rotatable bonds is 3. The first kappa shape index (κ1) is 14.0. The van der Waals surface area contributed by atoms with E-state index in [1.807, 2.05) is 12.1 Å². The summed E-state index contributed by atoms with van der Waals surface area (Å²) in [4.78, 5) is 16.5. The van der Waals surface area contributed by atoms with Gasteiger partial charge in [-0.05, 0) is 48.5 Å². The van der Waals surface area contributed by atoms with Crippen LogP contribution in [0.5, 0.6) is 5.75 Å². The molecule has 110 valence electrons. The van der Waals surface area contributed by atoms with Crippen LogP contribution in [0.2, 0.25) is 0 Å². The molecule has 0 unspecified atom stereocenters. The van der Waals surface area contributed by atoms with Crippen LogP contribution in [-0.4, -0.2) is 18.0 Å². The van der Waals surface area contributed by atoms with E-state index >= 15 is 0 Å². The third-order valence-corrected chi connectivity index (χ3v) is 3.30. The summed E-state index contributed by atoms with van der Waals surface area (Å²) in [5.41, 5.74) is 1.75. The summed E-state index contributed by atoms with van der Waals surface area (Å²) in [6.07, 6.45) is 1.62. The maximum absolute atomic E-state index is 12.9. The maximum Gasteiger partial charge on any atom is 0.255 e. The Bertz CT molecular complexity index is 832. The Morgan fingerprint density at radius 2 is 1.91 bits per heavy atom. The van der Waals surface area contributed by atoms with Gasteiger partial charge >= 0.3 is 0 Å². The first-order valence-electron chi connectivity index (χ1n) is 6.67. The number of hydrogen-bond acceptors (Lipinski definition) is 3. The molecule has 1 aromatic heterocycles. The van der Waals surface area contributed by atoms with Crippen LogP contribution in [0.4, 0.5) is 10.1 Å². The predicted molar refractivity (Wildman–Crippen MR) is 82.6 cm³/mol. The molecule has 1 amide bonds. The lowest BCUT2D eigenvalue weighted by molar-refractivity contribution is 0.102. The second-order valence-electron chi connectivity index (χ2n) is 4.70. The summed E-state index contributed by atoms with van der Waals surface area (Å²) in [5, 5.41) is 3.59. The minimum absolute atomic E-state index is 0.310. The van der Waals surface area contributed by atoms with E-state index < -0.39 is 0 Å². The van der Waals surface area contributed by atoms with Gasteiger partial charge < -0.3 is 10.1 Å². The molecule has 3 aromatic rings. The molecule has 0 aliphatic heterocycles. The van der Waals surface area contributed by atoms with Gasteiger partial charge in [0.15, 0.2) is 0 Å². The molecule has 0 spiro atoms. The Balaban J connectivity index is 1.96. The van der Waals surface area contributed by atoms with Crippen molar-refractivity contribution in [2.45, 2.75) is 0 Å². The number of carbonyl (C=O) groups is 1. The number of nitrogens with one attached hydrogen (secondary N) is 1. The summed E-state index contributed by atoms with van der Waals surface area (Å²) >= 11 is 0. The number of pyridine rings is 1. The van der Waals surface area contributed by atoms with E-state index in [-0.39, 0.29) is 11.7 Å². The molecule has 4 nitrogen and oxygen atoms in total. The average Bonchev–Trinajstić information content (AvgIpc) is 2.55. The standard InChI is InChI=1S/C17H13FN2O2/c1-22-13-6-7-15-14(10-13)16(8-9-19-15)20-17(21)11-2-4-12(18)5-3-11/h2-10H,1H3,(H,19,20,21). The zero-order chi connectivity index (χ0) is 15.5. The van der Waals surface area contributed by atoms with E-state index in [0.717, 1.165) is 10.9 Å². The van der Waals surface area contributed by atoms with E-state index in [4.69, 9.17) is 4.74 Å². The summed E-state index contributed by atoms with van der Waals surface area (Å²) < 4.78 is 18.1. The molecule has 0 fully saturated rings. The Labute approximate surface area is 126 Å². The molecule has 0 radical (unpaired) electrons. The number of nitrogens with zero attached hydrogens (tertiary/aromatic N) is 1. The third-order valence-electron chi connectivity index (χ3n) is 3.30. The van der Waals surface area contributed by atoms with Crippen molar-refractivity contribution in [1.82, 2.24) is 4.98 Å². The largest absolute Gasteiger partial charge is 0.497 e. The molecule has 1 heterocycles. The molecular formula is C17H13FN2O2. The number of carbonyl (C=O) groups excluding carboxylic acids is 1. The van der Waals surface area contributed by atoms with Crippen molar-refractivity contribution >= 4 is 22.5 Å². The summed E-state index contributed by atoms with van der Waals surface area (Å²) in [7, 11) is 1.58. The fourth-order valence-electron chi connectivity index (χ4n) is 2.16. The summed E-state index contributed by atoms with van der Waals surface area (Å²) in [6, 6.07) is 12.5. The second-order valence-corrected chi connectivity index (χ2v) is 4.70. The van der Waals surface area contributed by atoms with Gasteiger partial charge in [-0.15, -0.1) is 0 Å². The molecule has 0 saturated carbocycles. The monoisotopic (exact) mass is 296 g/mol. The van der Waals surface area contributed by atoms with Crippen molar-refractivity contribution in [3.63, 3.8) is 0 Å². The molecule has 0 atom stereocenters. The molecule has 0 aliphatic rings. The van der Waals surface area contributed by atoms with Crippen molar-refractivity contribution in [3.8, 4) is 5.75 Å². The van der Waals surface area contributed by atoms with Gasteiger partial charge in [-0.25, -0.2) is 4.39 Å². The SMILES string of the molecule is COc1ccc2nccc(NC(=O)c3ccc(F)cc3)c2c1. The lowest BCUT2D eigenvalue weighted by atomic mass is 10.1. The normalized spacial score (nSPS) is 10.5. The fourth-order valence-corrected chi connectivity index (χ4v) is 2.16. The van der Waals surface area contributed by atoms with Gasteiger partial charge in [0.1, 0.15) is 11.6 Å². The van der Waals surface area contributed by atoms with Gasteiger partial charge in [0, 0.05) is 17.1 Å². The van der Waals surface area contributed by atoms with Gasteiger partial charge in [0.25, 0.3) is 5.91 Å². The lowest BCUT2D eigenvalue weighted by Gasteiger charge is -2.09. The predicted octanol–water partition coefficient (Wildman–Crippen LogP) is 3.63. The van der Waals surface area contributed by atoms with E-state index in [1.165, 1.54) is 24.3 Å². The van der Waals surface area contributed by atoms with Crippen LogP contribution in [-0.2, 0) is 0 Å². The third kappa shape index (κ3) is 2.74. The molecule has 5 heteroatoms. The van der Waals surface area contributed by atoms with Crippen LogP contribution >= 0.6 is 0 Å². The Hall–Kier alpha value is -2.95. The topological polar surface area (TPSA) is 51.2 Å². The number of benzene rings is 2. The minimum Gasteiger partial charge on any atom is -0.497 e. The van der Waals surface area contributed by atoms with Crippen LogP contribution < -0.4 is 10.1 Å². The summed E-state index contributed by atoms with van der Waals surface area (Å²) in [6.45, 7) is 0. The number of anilines is 1. The van der Waals surface area contributed by atoms with Crippen molar-refractivity contribution in [3.05, 3.63) is 66.1 Å². The minimum atomic E-state index is -0.379. The number of fused-ring (bicyclic) bond motifs is 1. The van der Waals surface area contributed by atoms with Crippen molar-refractivity contribution in [2.75, 3.05) is 12.4 Å². The molecule has 22 heavy (non-hydrogen) atoms. The lowest BCUT2D eigenvalue weighted by Crippen LogP contribution is -2.12. The molecule has 3 rings (SSSR count). The highest BCUT2D eigenvalue weighted by atomic mass is 19.1. The van der Waals surface area contributed by atoms with Crippen LogP contribution in [0.3, 0.4) is 0 Å². The highest BCUT2D eigenvalue weighted by molar-refractivity contribution is 6.08. The molecule has 1 N–H and O–H groups in total. The number of halogens is 1. The zero-order valence-electron chi connectivity index (χ0n) is 11.8. The second kappa shape index (κ2) is 5.81. The molecule has 2 aromatic carbocycles. The van der Waals surface area contributed by atoms with E-state index in [0.29, 0.717) is 17.0 Å². The summed E-state index contributed by atoms with van der Waals surface area (Å²) in [5.74, 6) is -0.0104. The van der Waals surface area contributed by atoms with Crippen LogP contribution in [0, 0.1) is 5.82 Å². The van der Waals surface area contributed by atoms with Crippen LogP contribution in [0.1, 0.15) is 10.4 Å².